The van der Waals surface area contributed by atoms with Crippen LogP contribution in [0.4, 0.5) is 23.0 Å². The number of nitrogens with zero attached hydrogens (tertiary/aromatic N) is 3. The third-order valence-electron chi connectivity index (χ3n) is 6.63. The van der Waals surface area contributed by atoms with E-state index in [0.29, 0.717) is 29.4 Å². The largest absolute Gasteiger partial charge is 0.358 e. The zero-order chi connectivity index (χ0) is 29.6. The molecule has 0 atom stereocenters. The van der Waals surface area contributed by atoms with Crippen molar-refractivity contribution in [2.75, 3.05) is 36.6 Å². The van der Waals surface area contributed by atoms with Gasteiger partial charge in [-0.3, -0.25) is 9.59 Å². The van der Waals surface area contributed by atoms with Crippen molar-refractivity contribution in [3.8, 4) is 11.3 Å². The second kappa shape index (κ2) is 12.5. The van der Waals surface area contributed by atoms with Crippen LogP contribution in [-0.4, -0.2) is 52.3 Å². The number of amides is 2. The fraction of sp³-hybridized carbons (Fsp3) is 0.152. The number of likely N-dealkylation sites (N-methyl/N-ethyl adjacent to an activating group) is 1. The Kier molecular flexibility index (Phi) is 8.40. The van der Waals surface area contributed by atoms with Gasteiger partial charge in [-0.15, -0.1) is 0 Å². The molecule has 2 amide bonds. The van der Waals surface area contributed by atoms with Gasteiger partial charge in [0.25, 0.3) is 5.91 Å². The van der Waals surface area contributed by atoms with E-state index >= 15 is 0 Å². The van der Waals surface area contributed by atoms with E-state index in [1.807, 2.05) is 75.4 Å². The lowest BCUT2D eigenvalue weighted by Gasteiger charge is -2.11. The molecule has 9 nitrogen and oxygen atoms in total. The molecule has 2 heterocycles. The molecule has 0 unspecified atom stereocenters. The molecule has 5 aromatic rings. The lowest BCUT2D eigenvalue weighted by molar-refractivity contribution is -0.111. The molecular weight excluding hydrogens is 526 g/mol. The van der Waals surface area contributed by atoms with Gasteiger partial charge in [-0.25, -0.2) is 9.97 Å². The van der Waals surface area contributed by atoms with E-state index in [2.05, 4.69) is 38.1 Å². The van der Waals surface area contributed by atoms with Crippen LogP contribution in [0.25, 0.3) is 22.2 Å². The van der Waals surface area contributed by atoms with Crippen LogP contribution < -0.4 is 16.0 Å². The van der Waals surface area contributed by atoms with Gasteiger partial charge < -0.3 is 25.8 Å². The van der Waals surface area contributed by atoms with Crippen molar-refractivity contribution in [1.82, 2.24) is 19.9 Å². The third-order valence-corrected chi connectivity index (χ3v) is 6.63. The van der Waals surface area contributed by atoms with Gasteiger partial charge in [0.15, 0.2) is 0 Å². The molecule has 9 heteroatoms. The second-order valence-corrected chi connectivity index (χ2v) is 10.3. The Balaban J connectivity index is 1.26. The molecule has 0 spiro atoms. The molecule has 0 aliphatic heterocycles. The van der Waals surface area contributed by atoms with Gasteiger partial charge in [0.2, 0.25) is 11.9 Å². The van der Waals surface area contributed by atoms with Crippen molar-refractivity contribution >= 4 is 45.7 Å². The summed E-state index contributed by atoms with van der Waals surface area (Å²) < 4.78 is 0. The number of carbonyl (C=O) groups excluding carboxylic acids is 2. The Labute approximate surface area is 244 Å². The lowest BCUT2D eigenvalue weighted by Crippen LogP contribution is -2.13. The summed E-state index contributed by atoms with van der Waals surface area (Å²) in [5.74, 6) is -0.0304. The molecule has 2 aromatic heterocycles. The SMILES string of the molecule is Cc1cnc(Nc2cccc(NC(=O)c3ccc(NC(=O)C=CCN(C)C)cc3)c2)nc1-c1c(C)[nH]c2ccccc12. The molecule has 42 heavy (non-hydrogen) atoms. The number of fused-ring (bicyclic) bond motifs is 1. The number of hydrogen-bond acceptors (Lipinski definition) is 6. The van der Waals surface area contributed by atoms with Crippen LogP contribution in [0.3, 0.4) is 0 Å². The van der Waals surface area contributed by atoms with Gasteiger partial charge in [0, 0.05) is 63.6 Å². The Morgan fingerprint density at radius 1 is 0.905 bits per heavy atom. The highest BCUT2D eigenvalue weighted by molar-refractivity contribution is 6.05. The van der Waals surface area contributed by atoms with Crippen molar-refractivity contribution in [3.05, 3.63) is 108 Å². The van der Waals surface area contributed by atoms with Gasteiger partial charge in [0.05, 0.1) is 5.69 Å². The molecule has 3 aromatic carbocycles. The summed E-state index contributed by atoms with van der Waals surface area (Å²) in [7, 11) is 3.86. The Morgan fingerprint density at radius 3 is 2.45 bits per heavy atom. The third kappa shape index (κ3) is 6.71. The first-order valence-electron chi connectivity index (χ1n) is 13.6. The molecule has 0 saturated carbocycles. The maximum atomic E-state index is 12.9. The predicted molar refractivity (Wildman–Crippen MR) is 169 cm³/mol. The van der Waals surface area contributed by atoms with E-state index in [9.17, 15) is 9.59 Å². The first-order valence-corrected chi connectivity index (χ1v) is 13.6. The average molecular weight is 560 g/mol. The smallest absolute Gasteiger partial charge is 0.255 e. The number of hydrogen-bond donors (Lipinski definition) is 4. The number of anilines is 4. The van der Waals surface area contributed by atoms with Gasteiger partial charge in [-0.05, 0) is 82.0 Å². The normalized spacial score (nSPS) is 11.3. The van der Waals surface area contributed by atoms with E-state index in [0.717, 1.165) is 39.1 Å². The Bertz CT molecular complexity index is 1770. The summed E-state index contributed by atoms with van der Waals surface area (Å²) in [5.41, 5.74) is 7.42. The van der Waals surface area contributed by atoms with E-state index in [1.165, 1.54) is 6.08 Å². The maximum Gasteiger partial charge on any atom is 0.255 e. The molecule has 4 N–H and O–H groups in total. The van der Waals surface area contributed by atoms with Gasteiger partial charge in [-0.2, -0.15) is 0 Å². The number of rotatable bonds is 9. The van der Waals surface area contributed by atoms with Crippen LogP contribution in [0.2, 0.25) is 0 Å². The molecule has 0 fully saturated rings. The zero-order valence-electron chi connectivity index (χ0n) is 24.0. The highest BCUT2D eigenvalue weighted by Crippen LogP contribution is 2.33. The minimum absolute atomic E-state index is 0.223. The predicted octanol–water partition coefficient (Wildman–Crippen LogP) is 6.29. The summed E-state index contributed by atoms with van der Waals surface area (Å²) >= 11 is 0. The van der Waals surface area contributed by atoms with Crippen LogP contribution >= 0.6 is 0 Å². The Morgan fingerprint density at radius 2 is 1.67 bits per heavy atom. The van der Waals surface area contributed by atoms with Crippen LogP contribution in [0, 0.1) is 13.8 Å². The number of benzene rings is 3. The van der Waals surface area contributed by atoms with Crippen molar-refractivity contribution in [1.29, 1.82) is 0 Å². The second-order valence-electron chi connectivity index (χ2n) is 10.3. The number of nitrogens with one attached hydrogen (secondary N) is 4. The van der Waals surface area contributed by atoms with Crippen molar-refractivity contribution in [2.24, 2.45) is 0 Å². The number of H-pyrrole nitrogens is 1. The average Bonchev–Trinajstić information content (AvgIpc) is 3.30. The molecule has 0 aliphatic carbocycles. The van der Waals surface area contributed by atoms with Gasteiger partial charge in [0.1, 0.15) is 0 Å². The topological polar surface area (TPSA) is 115 Å². The van der Waals surface area contributed by atoms with Gasteiger partial charge >= 0.3 is 0 Å². The minimum atomic E-state index is -0.264. The first-order chi connectivity index (χ1) is 20.3. The number of carbonyl (C=O) groups is 2. The number of aromatic amines is 1. The fourth-order valence-electron chi connectivity index (χ4n) is 4.60. The molecule has 0 aliphatic rings. The highest BCUT2D eigenvalue weighted by atomic mass is 16.2. The van der Waals surface area contributed by atoms with Gasteiger partial charge in [-0.1, -0.05) is 30.3 Å². The van der Waals surface area contributed by atoms with Crippen molar-refractivity contribution in [3.63, 3.8) is 0 Å². The highest BCUT2D eigenvalue weighted by Gasteiger charge is 2.15. The van der Waals surface area contributed by atoms with E-state index in [-0.39, 0.29) is 11.8 Å². The molecule has 5 rings (SSSR count). The standard InChI is InChI=1S/C33H33N7O2/c1-21-20-34-33(39-31(21)30-22(2)35-28-12-6-5-11-27(28)30)38-26-10-7-9-25(19-26)37-32(42)23-14-16-24(17-15-23)36-29(41)13-8-18-40(3)4/h5-17,19-20,35H,18H2,1-4H3,(H,36,41)(H,37,42)(H,34,38,39). The number of aromatic nitrogens is 3. The zero-order valence-corrected chi connectivity index (χ0v) is 24.0. The molecular formula is C33H33N7O2. The van der Waals surface area contributed by atoms with Crippen molar-refractivity contribution < 1.29 is 9.59 Å². The van der Waals surface area contributed by atoms with Crippen LogP contribution in [0.1, 0.15) is 21.6 Å². The lowest BCUT2D eigenvalue weighted by atomic mass is 10.0. The van der Waals surface area contributed by atoms with Crippen molar-refractivity contribution in [2.45, 2.75) is 13.8 Å². The van der Waals surface area contributed by atoms with E-state index in [1.54, 1.807) is 30.3 Å². The van der Waals surface area contributed by atoms with Crippen LogP contribution in [0.15, 0.2) is 91.1 Å². The summed E-state index contributed by atoms with van der Waals surface area (Å²) in [6.07, 6.45) is 5.09. The minimum Gasteiger partial charge on any atom is -0.358 e. The maximum absolute atomic E-state index is 12.9. The molecule has 0 saturated heterocycles. The summed E-state index contributed by atoms with van der Waals surface area (Å²) in [5, 5.41) is 10.1. The monoisotopic (exact) mass is 559 g/mol. The van der Waals surface area contributed by atoms with Crippen LogP contribution in [0.5, 0.6) is 0 Å². The summed E-state index contributed by atoms with van der Waals surface area (Å²) in [4.78, 5) is 39.7. The number of para-hydroxylation sites is 1. The first kappa shape index (κ1) is 28.3. The molecule has 212 valence electrons. The fourth-order valence-corrected chi connectivity index (χ4v) is 4.60. The quantitative estimate of drug-likeness (QED) is 0.158. The summed E-state index contributed by atoms with van der Waals surface area (Å²) in [6, 6.07) is 22.3. The molecule has 0 radical (unpaired) electrons. The van der Waals surface area contributed by atoms with Crippen LogP contribution in [-0.2, 0) is 4.79 Å². The number of aryl methyl sites for hydroxylation is 2. The molecule has 0 bridgehead atoms. The Hall–Kier alpha value is -5.28. The van der Waals surface area contributed by atoms with E-state index < -0.39 is 0 Å². The summed E-state index contributed by atoms with van der Waals surface area (Å²) in [6.45, 7) is 4.72. The van der Waals surface area contributed by atoms with E-state index in [4.69, 9.17) is 4.98 Å².